The van der Waals surface area contributed by atoms with E-state index in [4.69, 9.17) is 10.00 Å². The van der Waals surface area contributed by atoms with Crippen LogP contribution in [0.4, 0.5) is 4.39 Å². The van der Waals surface area contributed by atoms with Crippen LogP contribution in [0.15, 0.2) is 24.3 Å². The number of nitrogens with zero attached hydrogens (tertiary/aromatic N) is 2. The predicted octanol–water partition coefficient (Wildman–Crippen LogP) is 1.70. The van der Waals surface area contributed by atoms with E-state index >= 15 is 0 Å². The number of ether oxygens (including phenoxy) is 1. The number of nitriles is 1. The van der Waals surface area contributed by atoms with Crippen molar-refractivity contribution in [1.29, 1.82) is 5.26 Å². The normalized spacial score (nSPS) is 17.6. The number of nitrogens with one attached hydrogen (secondary N) is 1. The maximum absolute atomic E-state index is 13.6. The zero-order chi connectivity index (χ0) is 14.2. The van der Waals surface area contributed by atoms with Crippen LogP contribution in [0, 0.1) is 17.1 Å². The van der Waals surface area contributed by atoms with Crippen molar-refractivity contribution in [3.8, 4) is 6.07 Å². The third-order valence-electron chi connectivity index (χ3n) is 3.45. The molecule has 0 amide bonds. The van der Waals surface area contributed by atoms with Gasteiger partial charge >= 0.3 is 0 Å². The Balaban J connectivity index is 1.74. The highest BCUT2D eigenvalue weighted by molar-refractivity contribution is 5.25. The van der Waals surface area contributed by atoms with E-state index in [1.54, 1.807) is 18.2 Å². The summed E-state index contributed by atoms with van der Waals surface area (Å²) in [7, 11) is 0. The van der Waals surface area contributed by atoms with Gasteiger partial charge in [-0.3, -0.25) is 10.2 Å². The van der Waals surface area contributed by atoms with E-state index in [2.05, 4.69) is 16.3 Å². The van der Waals surface area contributed by atoms with Crippen molar-refractivity contribution in [3.63, 3.8) is 0 Å². The third kappa shape index (κ3) is 4.27. The first kappa shape index (κ1) is 14.9. The van der Waals surface area contributed by atoms with Gasteiger partial charge in [0.1, 0.15) is 11.9 Å². The maximum atomic E-state index is 13.6. The topological polar surface area (TPSA) is 48.3 Å². The molecule has 1 unspecified atom stereocenters. The Bertz CT molecular complexity index is 455. The molecule has 1 N–H and O–H groups in total. The van der Waals surface area contributed by atoms with Crippen molar-refractivity contribution in [2.75, 3.05) is 39.4 Å². The third-order valence-corrected chi connectivity index (χ3v) is 3.45. The van der Waals surface area contributed by atoms with E-state index in [-0.39, 0.29) is 5.82 Å². The average Bonchev–Trinajstić information content (AvgIpc) is 2.50. The lowest BCUT2D eigenvalue weighted by Gasteiger charge is -2.26. The molecule has 1 aliphatic heterocycles. The lowest BCUT2D eigenvalue weighted by Crippen LogP contribution is -2.37. The van der Waals surface area contributed by atoms with Crippen molar-refractivity contribution in [1.82, 2.24) is 10.2 Å². The van der Waals surface area contributed by atoms with Crippen LogP contribution in [0.3, 0.4) is 0 Å². The molecule has 0 bridgehead atoms. The molecule has 1 fully saturated rings. The van der Waals surface area contributed by atoms with Gasteiger partial charge in [0.25, 0.3) is 0 Å². The SMILES string of the molecule is N#CC(NCCCN1CCOCC1)c1ccccc1F. The summed E-state index contributed by atoms with van der Waals surface area (Å²) in [6, 6.07) is 7.94. The lowest BCUT2D eigenvalue weighted by molar-refractivity contribution is 0.0374. The monoisotopic (exact) mass is 277 g/mol. The molecule has 0 radical (unpaired) electrons. The van der Waals surface area contributed by atoms with Crippen LogP contribution in [-0.2, 0) is 4.74 Å². The van der Waals surface area contributed by atoms with Gasteiger partial charge < -0.3 is 4.74 Å². The van der Waals surface area contributed by atoms with E-state index in [0.29, 0.717) is 12.1 Å². The standard InChI is InChI=1S/C15H20FN3O/c16-14-5-2-1-4-13(14)15(12-17)18-6-3-7-19-8-10-20-11-9-19/h1-2,4-5,15,18H,3,6-11H2. The van der Waals surface area contributed by atoms with Crippen molar-refractivity contribution < 1.29 is 9.13 Å². The van der Waals surface area contributed by atoms with Gasteiger partial charge in [0.05, 0.1) is 19.3 Å². The zero-order valence-corrected chi connectivity index (χ0v) is 11.5. The minimum atomic E-state index is -0.583. The number of morpholine rings is 1. The summed E-state index contributed by atoms with van der Waals surface area (Å²) in [5.74, 6) is -0.334. The number of halogens is 1. The van der Waals surface area contributed by atoms with Gasteiger partial charge in [-0.15, -0.1) is 0 Å². The van der Waals surface area contributed by atoms with Crippen LogP contribution in [-0.4, -0.2) is 44.3 Å². The summed E-state index contributed by atoms with van der Waals surface area (Å²) in [6.07, 6.45) is 0.937. The fourth-order valence-corrected chi connectivity index (χ4v) is 2.31. The van der Waals surface area contributed by atoms with Gasteiger partial charge in [0.15, 0.2) is 0 Å². The fraction of sp³-hybridized carbons (Fsp3) is 0.533. The lowest BCUT2D eigenvalue weighted by atomic mass is 10.1. The molecule has 0 aromatic heterocycles. The summed E-state index contributed by atoms with van der Waals surface area (Å²) in [5.41, 5.74) is 0.418. The summed E-state index contributed by atoms with van der Waals surface area (Å²) in [6.45, 7) is 5.20. The summed E-state index contributed by atoms with van der Waals surface area (Å²) in [4.78, 5) is 2.34. The highest BCUT2D eigenvalue weighted by atomic mass is 19.1. The summed E-state index contributed by atoms with van der Waals surface area (Å²) < 4.78 is 18.9. The minimum absolute atomic E-state index is 0.334. The molecular formula is C15H20FN3O. The molecule has 5 heteroatoms. The second kappa shape index (κ2) is 7.95. The number of rotatable bonds is 6. The highest BCUT2D eigenvalue weighted by Gasteiger charge is 2.14. The first-order valence-electron chi connectivity index (χ1n) is 6.99. The van der Waals surface area contributed by atoms with Gasteiger partial charge in [-0.1, -0.05) is 18.2 Å². The molecular weight excluding hydrogens is 257 g/mol. The van der Waals surface area contributed by atoms with Crippen molar-refractivity contribution in [2.24, 2.45) is 0 Å². The van der Waals surface area contributed by atoms with Gasteiger partial charge in [-0.2, -0.15) is 5.26 Å². The Morgan fingerprint density at radius 1 is 1.35 bits per heavy atom. The Hall–Kier alpha value is -1.48. The molecule has 0 spiro atoms. The maximum Gasteiger partial charge on any atom is 0.129 e. The molecule has 1 saturated heterocycles. The molecule has 1 aromatic carbocycles. The first-order chi connectivity index (χ1) is 9.81. The molecule has 1 heterocycles. The van der Waals surface area contributed by atoms with E-state index in [1.165, 1.54) is 6.07 Å². The molecule has 4 nitrogen and oxygen atoms in total. The van der Waals surface area contributed by atoms with E-state index in [9.17, 15) is 4.39 Å². The minimum Gasteiger partial charge on any atom is -0.379 e. The van der Waals surface area contributed by atoms with Gasteiger partial charge in [0, 0.05) is 18.7 Å². The second-order valence-corrected chi connectivity index (χ2v) is 4.85. The van der Waals surface area contributed by atoms with Crippen LogP contribution in [0.25, 0.3) is 0 Å². The number of hydrogen-bond donors (Lipinski definition) is 1. The Kier molecular flexibility index (Phi) is 5.93. The van der Waals surface area contributed by atoms with Crippen molar-refractivity contribution >= 4 is 0 Å². The number of hydrogen-bond acceptors (Lipinski definition) is 4. The van der Waals surface area contributed by atoms with Crippen molar-refractivity contribution in [2.45, 2.75) is 12.5 Å². The molecule has 20 heavy (non-hydrogen) atoms. The van der Waals surface area contributed by atoms with Crippen LogP contribution in [0.1, 0.15) is 18.0 Å². The van der Waals surface area contributed by atoms with E-state index in [1.807, 2.05) is 0 Å². The highest BCUT2D eigenvalue weighted by Crippen LogP contribution is 2.15. The Labute approximate surface area is 119 Å². The Morgan fingerprint density at radius 3 is 2.80 bits per heavy atom. The smallest absolute Gasteiger partial charge is 0.129 e. The van der Waals surface area contributed by atoms with Crippen LogP contribution in [0.5, 0.6) is 0 Å². The first-order valence-corrected chi connectivity index (χ1v) is 6.99. The predicted molar refractivity (Wildman–Crippen MR) is 74.6 cm³/mol. The van der Waals surface area contributed by atoms with E-state index in [0.717, 1.165) is 39.3 Å². The van der Waals surface area contributed by atoms with Crippen LogP contribution >= 0.6 is 0 Å². The molecule has 2 rings (SSSR count). The molecule has 1 aromatic rings. The summed E-state index contributed by atoms with van der Waals surface area (Å²) >= 11 is 0. The quantitative estimate of drug-likeness (QED) is 0.804. The molecule has 1 aliphatic rings. The van der Waals surface area contributed by atoms with E-state index < -0.39 is 6.04 Å². The largest absolute Gasteiger partial charge is 0.379 e. The van der Waals surface area contributed by atoms with Crippen molar-refractivity contribution in [3.05, 3.63) is 35.6 Å². The second-order valence-electron chi connectivity index (χ2n) is 4.85. The fourth-order valence-electron chi connectivity index (χ4n) is 2.31. The molecule has 1 atom stereocenters. The molecule has 0 aliphatic carbocycles. The van der Waals surface area contributed by atoms with Gasteiger partial charge in [0.2, 0.25) is 0 Å². The van der Waals surface area contributed by atoms with Crippen LogP contribution in [0.2, 0.25) is 0 Å². The number of benzene rings is 1. The molecule has 108 valence electrons. The van der Waals surface area contributed by atoms with Crippen LogP contribution < -0.4 is 5.32 Å². The summed E-state index contributed by atoms with van der Waals surface area (Å²) in [5, 5.41) is 12.3. The molecule has 0 saturated carbocycles. The average molecular weight is 277 g/mol. The van der Waals surface area contributed by atoms with Gasteiger partial charge in [-0.25, -0.2) is 4.39 Å². The zero-order valence-electron chi connectivity index (χ0n) is 11.5. The Morgan fingerprint density at radius 2 is 2.10 bits per heavy atom. The van der Waals surface area contributed by atoms with Gasteiger partial charge in [-0.05, 0) is 25.6 Å².